The summed E-state index contributed by atoms with van der Waals surface area (Å²) in [6.45, 7) is 1.06. The highest BCUT2D eigenvalue weighted by Gasteiger charge is 2.16. The number of aryl methyl sites for hydroxylation is 1. The molecule has 0 atom stereocenters. The predicted octanol–water partition coefficient (Wildman–Crippen LogP) is 3.56. The third kappa shape index (κ3) is 4.68. The summed E-state index contributed by atoms with van der Waals surface area (Å²) in [7, 11) is 0. The van der Waals surface area contributed by atoms with Crippen molar-refractivity contribution in [3.8, 4) is 5.75 Å². The van der Waals surface area contributed by atoms with E-state index in [1.807, 2.05) is 6.92 Å². The van der Waals surface area contributed by atoms with Crippen LogP contribution in [0.15, 0.2) is 58.4 Å². The van der Waals surface area contributed by atoms with Crippen LogP contribution in [0.3, 0.4) is 0 Å². The molecule has 7 nitrogen and oxygen atoms in total. The van der Waals surface area contributed by atoms with Gasteiger partial charge in [0.15, 0.2) is 5.69 Å². The fourth-order valence-electron chi connectivity index (χ4n) is 2.90. The highest BCUT2D eigenvalue weighted by Crippen LogP contribution is 2.16. The van der Waals surface area contributed by atoms with Crippen molar-refractivity contribution in [3.63, 3.8) is 0 Å². The molecule has 3 aromatic rings. The Labute approximate surface area is 171 Å². The number of halogens is 2. The van der Waals surface area contributed by atoms with Gasteiger partial charge in [-0.05, 0) is 49.2 Å². The van der Waals surface area contributed by atoms with Gasteiger partial charge < -0.3 is 4.74 Å². The third-order valence-electron chi connectivity index (χ3n) is 4.34. The first-order chi connectivity index (χ1) is 14.4. The number of ether oxygens (including phenoxy) is 1. The predicted molar refractivity (Wildman–Crippen MR) is 109 cm³/mol. The Kier molecular flexibility index (Phi) is 6.51. The standard InChI is InChI=1S/C21H20F2N4O3/c1-3-12-27-20(29)17-7-5-4-6-16(17)18(26-27)19(28)25-24-13(2)14-8-10-15(11-9-14)30-21(22)23/h4-11,21H,3,12H2,1-2H3,(H,25,28)/b24-13+. The van der Waals surface area contributed by atoms with Gasteiger partial charge in [0.2, 0.25) is 0 Å². The van der Waals surface area contributed by atoms with Crippen LogP contribution in [0.5, 0.6) is 5.75 Å². The van der Waals surface area contributed by atoms with Crippen molar-refractivity contribution in [1.29, 1.82) is 0 Å². The van der Waals surface area contributed by atoms with Crippen LogP contribution in [0.4, 0.5) is 8.78 Å². The molecule has 1 aromatic heterocycles. The monoisotopic (exact) mass is 414 g/mol. The van der Waals surface area contributed by atoms with Gasteiger partial charge in [0, 0.05) is 11.9 Å². The number of hydrazone groups is 1. The molecule has 0 aliphatic heterocycles. The zero-order chi connectivity index (χ0) is 21.7. The Morgan fingerprint density at radius 2 is 1.83 bits per heavy atom. The van der Waals surface area contributed by atoms with Crippen LogP contribution in [0.25, 0.3) is 10.8 Å². The molecule has 156 valence electrons. The molecule has 0 fully saturated rings. The molecule has 0 spiro atoms. The minimum absolute atomic E-state index is 0.0273. The van der Waals surface area contributed by atoms with Crippen molar-refractivity contribution in [2.45, 2.75) is 33.4 Å². The lowest BCUT2D eigenvalue weighted by atomic mass is 10.1. The molecule has 3 rings (SSSR count). The van der Waals surface area contributed by atoms with Crippen LogP contribution in [-0.2, 0) is 6.54 Å². The second-order valence-electron chi connectivity index (χ2n) is 6.46. The van der Waals surface area contributed by atoms with Gasteiger partial charge in [0.05, 0.1) is 11.1 Å². The zero-order valence-corrected chi connectivity index (χ0v) is 16.4. The maximum Gasteiger partial charge on any atom is 0.387 e. The number of benzene rings is 2. The maximum absolute atomic E-state index is 12.7. The number of amides is 1. The smallest absolute Gasteiger partial charge is 0.387 e. The van der Waals surface area contributed by atoms with E-state index in [1.165, 1.54) is 16.8 Å². The first kappa shape index (κ1) is 21.1. The lowest BCUT2D eigenvalue weighted by Crippen LogP contribution is -2.29. The van der Waals surface area contributed by atoms with Gasteiger partial charge in [-0.1, -0.05) is 25.1 Å². The molecule has 0 aliphatic rings. The lowest BCUT2D eigenvalue weighted by Gasteiger charge is -2.10. The van der Waals surface area contributed by atoms with E-state index < -0.39 is 12.5 Å². The molecule has 0 saturated heterocycles. The number of nitrogens with zero attached hydrogens (tertiary/aromatic N) is 3. The lowest BCUT2D eigenvalue weighted by molar-refractivity contribution is -0.0498. The summed E-state index contributed by atoms with van der Waals surface area (Å²) >= 11 is 0. The van der Waals surface area contributed by atoms with Crippen molar-refractivity contribution in [2.24, 2.45) is 5.10 Å². The Morgan fingerprint density at radius 1 is 1.17 bits per heavy atom. The molecule has 0 saturated carbocycles. The summed E-state index contributed by atoms with van der Waals surface area (Å²) in [4.78, 5) is 25.3. The number of carbonyl (C=O) groups is 1. The largest absolute Gasteiger partial charge is 0.435 e. The summed E-state index contributed by atoms with van der Waals surface area (Å²) in [6.07, 6.45) is 0.689. The summed E-state index contributed by atoms with van der Waals surface area (Å²) in [6, 6.07) is 12.6. The van der Waals surface area contributed by atoms with Crippen LogP contribution >= 0.6 is 0 Å². The average Bonchev–Trinajstić information content (AvgIpc) is 2.74. The van der Waals surface area contributed by atoms with Gasteiger partial charge in [-0.15, -0.1) is 0 Å². The van der Waals surface area contributed by atoms with Crippen LogP contribution in [0.2, 0.25) is 0 Å². The first-order valence-corrected chi connectivity index (χ1v) is 9.30. The van der Waals surface area contributed by atoms with E-state index in [0.717, 1.165) is 0 Å². The molecule has 30 heavy (non-hydrogen) atoms. The van der Waals surface area contributed by atoms with Crippen molar-refractivity contribution >= 4 is 22.4 Å². The first-order valence-electron chi connectivity index (χ1n) is 9.30. The fourth-order valence-corrected chi connectivity index (χ4v) is 2.90. The minimum atomic E-state index is -2.90. The number of fused-ring (bicyclic) bond motifs is 1. The van der Waals surface area contributed by atoms with Crippen LogP contribution in [-0.4, -0.2) is 28.0 Å². The molecule has 1 N–H and O–H groups in total. The molecule has 0 bridgehead atoms. The van der Waals surface area contributed by atoms with E-state index in [-0.39, 0.29) is 17.0 Å². The van der Waals surface area contributed by atoms with E-state index >= 15 is 0 Å². The molecule has 2 aromatic carbocycles. The fraction of sp³-hybridized carbons (Fsp3) is 0.238. The minimum Gasteiger partial charge on any atom is -0.435 e. The van der Waals surface area contributed by atoms with E-state index in [2.05, 4.69) is 20.4 Å². The Hall–Kier alpha value is -3.62. The molecular formula is C21H20F2N4O3. The molecule has 0 unspecified atom stereocenters. The topological polar surface area (TPSA) is 85.6 Å². The third-order valence-corrected chi connectivity index (χ3v) is 4.34. The van der Waals surface area contributed by atoms with Gasteiger partial charge in [0.25, 0.3) is 11.5 Å². The number of carbonyl (C=O) groups excluding carboxylic acids is 1. The zero-order valence-electron chi connectivity index (χ0n) is 16.4. The molecule has 1 amide bonds. The van der Waals surface area contributed by atoms with E-state index in [9.17, 15) is 18.4 Å². The average molecular weight is 414 g/mol. The number of aromatic nitrogens is 2. The molecule has 1 heterocycles. The number of rotatable bonds is 7. The Bertz CT molecular complexity index is 1140. The summed E-state index contributed by atoms with van der Waals surface area (Å²) in [5, 5.41) is 9.12. The van der Waals surface area contributed by atoms with Crippen LogP contribution in [0, 0.1) is 0 Å². The normalized spacial score (nSPS) is 11.7. The highest BCUT2D eigenvalue weighted by atomic mass is 19.3. The van der Waals surface area contributed by atoms with Crippen LogP contribution in [0.1, 0.15) is 36.3 Å². The van der Waals surface area contributed by atoms with Crippen molar-refractivity contribution in [2.75, 3.05) is 0 Å². The van der Waals surface area contributed by atoms with Crippen molar-refractivity contribution in [3.05, 3.63) is 70.1 Å². The van der Waals surface area contributed by atoms with Gasteiger partial charge in [-0.2, -0.15) is 19.0 Å². The maximum atomic E-state index is 12.7. The molecule has 9 heteroatoms. The van der Waals surface area contributed by atoms with Gasteiger partial charge in [-0.3, -0.25) is 9.59 Å². The Morgan fingerprint density at radius 3 is 2.47 bits per heavy atom. The SMILES string of the molecule is CCCn1nc(C(=O)N/N=C(\C)c2ccc(OC(F)F)cc2)c2ccccc2c1=O. The second kappa shape index (κ2) is 9.25. The Balaban J connectivity index is 1.86. The molecular weight excluding hydrogens is 394 g/mol. The second-order valence-corrected chi connectivity index (χ2v) is 6.46. The van der Waals surface area contributed by atoms with Crippen molar-refractivity contribution < 1.29 is 18.3 Å². The van der Waals surface area contributed by atoms with Gasteiger partial charge in [0.1, 0.15) is 5.75 Å². The number of hydrogen-bond donors (Lipinski definition) is 1. The summed E-state index contributed by atoms with van der Waals surface area (Å²) in [5.74, 6) is -0.535. The van der Waals surface area contributed by atoms with E-state index in [1.54, 1.807) is 43.3 Å². The number of nitrogens with one attached hydrogen (secondary N) is 1. The summed E-state index contributed by atoms with van der Waals surface area (Å²) in [5.41, 5.74) is 3.36. The molecule has 0 radical (unpaired) electrons. The van der Waals surface area contributed by atoms with Gasteiger partial charge >= 0.3 is 6.61 Å². The van der Waals surface area contributed by atoms with E-state index in [0.29, 0.717) is 35.0 Å². The quantitative estimate of drug-likeness (QED) is 0.473. The summed E-state index contributed by atoms with van der Waals surface area (Å²) < 4.78 is 30.1. The number of hydrogen-bond acceptors (Lipinski definition) is 5. The van der Waals surface area contributed by atoms with E-state index in [4.69, 9.17) is 0 Å². The van der Waals surface area contributed by atoms with Crippen LogP contribution < -0.4 is 15.7 Å². The van der Waals surface area contributed by atoms with Gasteiger partial charge in [-0.25, -0.2) is 10.1 Å². The highest BCUT2D eigenvalue weighted by molar-refractivity contribution is 6.06. The number of alkyl halides is 2. The van der Waals surface area contributed by atoms with Crippen molar-refractivity contribution in [1.82, 2.24) is 15.2 Å². The molecule has 0 aliphatic carbocycles.